The van der Waals surface area contributed by atoms with E-state index in [4.69, 9.17) is 9.48 Å². The Morgan fingerprint density at radius 1 is 0.697 bits per heavy atom. The van der Waals surface area contributed by atoms with Gasteiger partial charge in [-0.2, -0.15) is 0 Å². The monoisotopic (exact) mass is 451 g/mol. The van der Waals surface area contributed by atoms with Crippen LogP contribution in [0.1, 0.15) is 12.5 Å². The summed E-state index contributed by atoms with van der Waals surface area (Å²) >= 11 is 0. The SMILES string of the molecule is CCOC(=O)/C=C(/N=P(c1ccccc1)(c1ccccc1)c1ccccc1)c1ccccc1. The van der Waals surface area contributed by atoms with Crippen LogP contribution >= 0.6 is 7.05 Å². The number of ether oxygens (including phenoxy) is 1. The molecule has 4 aromatic carbocycles. The van der Waals surface area contributed by atoms with E-state index in [-0.39, 0.29) is 0 Å². The Hall–Kier alpha value is -3.68. The van der Waals surface area contributed by atoms with Crippen LogP contribution in [0.4, 0.5) is 0 Å². The molecule has 164 valence electrons. The predicted octanol–water partition coefficient (Wildman–Crippen LogP) is 5.77. The maximum atomic E-state index is 12.6. The van der Waals surface area contributed by atoms with Crippen LogP contribution in [0.25, 0.3) is 5.70 Å². The van der Waals surface area contributed by atoms with E-state index in [1.807, 2.05) is 84.9 Å². The van der Waals surface area contributed by atoms with Gasteiger partial charge in [0.25, 0.3) is 0 Å². The molecule has 0 saturated carbocycles. The fraction of sp³-hybridized carbons (Fsp3) is 0.0690. The number of nitrogens with zero attached hydrogens (tertiary/aromatic N) is 1. The highest BCUT2D eigenvalue weighted by Gasteiger charge is 2.28. The van der Waals surface area contributed by atoms with Gasteiger partial charge in [0.2, 0.25) is 0 Å². The summed E-state index contributed by atoms with van der Waals surface area (Å²) in [6, 6.07) is 40.9. The molecule has 0 aliphatic carbocycles. The molecule has 0 bridgehead atoms. The Balaban J connectivity index is 2.12. The molecule has 4 aromatic rings. The van der Waals surface area contributed by atoms with Crippen LogP contribution in [0.3, 0.4) is 0 Å². The molecule has 0 aliphatic rings. The smallest absolute Gasteiger partial charge is 0.332 e. The van der Waals surface area contributed by atoms with Crippen LogP contribution in [-0.2, 0) is 9.53 Å². The van der Waals surface area contributed by atoms with Crippen LogP contribution in [-0.4, -0.2) is 12.6 Å². The number of carbonyl (C=O) groups is 1. The topological polar surface area (TPSA) is 38.7 Å². The van der Waals surface area contributed by atoms with Crippen LogP contribution in [0.15, 0.2) is 132 Å². The number of hydrogen-bond donors (Lipinski definition) is 0. The number of carbonyl (C=O) groups excluding carboxylic acids is 1. The fourth-order valence-electron chi connectivity index (χ4n) is 3.79. The van der Waals surface area contributed by atoms with Gasteiger partial charge in [-0.05, 0) is 6.92 Å². The summed E-state index contributed by atoms with van der Waals surface area (Å²) in [4.78, 5) is 12.6. The Morgan fingerprint density at radius 2 is 1.09 bits per heavy atom. The highest BCUT2D eigenvalue weighted by Crippen LogP contribution is 2.49. The first kappa shape index (κ1) is 22.5. The van der Waals surface area contributed by atoms with Crippen molar-refractivity contribution in [2.24, 2.45) is 4.74 Å². The second-order valence-electron chi connectivity index (χ2n) is 7.39. The fourth-order valence-corrected chi connectivity index (χ4v) is 7.34. The normalized spacial score (nSPS) is 11.6. The number of hydrogen-bond acceptors (Lipinski definition) is 3. The summed E-state index contributed by atoms with van der Waals surface area (Å²) in [5.74, 6) is -0.396. The third-order valence-corrected chi connectivity index (χ3v) is 8.91. The van der Waals surface area contributed by atoms with Gasteiger partial charge >= 0.3 is 5.97 Å². The molecule has 3 nitrogen and oxygen atoms in total. The first-order valence-electron chi connectivity index (χ1n) is 11.0. The molecule has 0 amide bonds. The maximum absolute atomic E-state index is 12.6. The van der Waals surface area contributed by atoms with Crippen LogP contribution in [0.2, 0.25) is 0 Å². The molecule has 0 radical (unpaired) electrons. The van der Waals surface area contributed by atoms with Crippen molar-refractivity contribution >= 4 is 34.6 Å². The van der Waals surface area contributed by atoms with E-state index >= 15 is 0 Å². The van der Waals surface area contributed by atoms with Crippen molar-refractivity contribution in [1.29, 1.82) is 0 Å². The van der Waals surface area contributed by atoms with Crippen molar-refractivity contribution < 1.29 is 9.53 Å². The Kier molecular flexibility index (Phi) is 7.34. The molecule has 0 fully saturated rings. The molecular formula is C29H26NO2P. The molecule has 0 spiro atoms. The Morgan fingerprint density at radius 3 is 1.48 bits per heavy atom. The number of rotatable bonds is 7. The van der Waals surface area contributed by atoms with Crippen molar-refractivity contribution in [3.63, 3.8) is 0 Å². The molecule has 0 aromatic heterocycles. The summed E-state index contributed by atoms with van der Waals surface area (Å²) in [5, 5.41) is 3.36. The molecule has 0 unspecified atom stereocenters. The summed E-state index contributed by atoms with van der Waals surface area (Å²) in [5.41, 5.74) is 1.48. The zero-order valence-corrected chi connectivity index (χ0v) is 19.4. The number of esters is 1. The van der Waals surface area contributed by atoms with Crippen molar-refractivity contribution in [1.82, 2.24) is 0 Å². The molecule has 0 N–H and O–H groups in total. The van der Waals surface area contributed by atoms with Gasteiger partial charge in [-0.1, -0.05) is 121 Å². The molecule has 0 atom stereocenters. The van der Waals surface area contributed by atoms with E-state index < -0.39 is 13.0 Å². The summed E-state index contributed by atoms with van der Waals surface area (Å²) < 4.78 is 10.7. The van der Waals surface area contributed by atoms with E-state index in [0.717, 1.165) is 21.5 Å². The first-order valence-corrected chi connectivity index (χ1v) is 12.7. The lowest BCUT2D eigenvalue weighted by atomic mass is 10.1. The van der Waals surface area contributed by atoms with E-state index in [0.29, 0.717) is 12.3 Å². The molecule has 0 heterocycles. The average Bonchev–Trinajstić information content (AvgIpc) is 2.89. The van der Waals surface area contributed by atoms with Gasteiger partial charge in [0, 0.05) is 27.6 Å². The third kappa shape index (κ3) is 5.05. The maximum Gasteiger partial charge on any atom is 0.332 e. The van der Waals surface area contributed by atoms with Crippen LogP contribution < -0.4 is 15.9 Å². The molecule has 0 aliphatic heterocycles. The van der Waals surface area contributed by atoms with Crippen LogP contribution in [0.5, 0.6) is 0 Å². The minimum absolute atomic E-state index is 0.313. The standard InChI is InChI=1S/C29H26NO2P/c1-2-32-29(31)23-28(24-15-7-3-8-16-24)30-33(25-17-9-4-10-18-25,26-19-11-5-12-20-26)27-21-13-6-14-22-27/h3-23H,2H2,1H3/b28-23+. The summed E-state index contributed by atoms with van der Waals surface area (Å²) in [6.07, 6.45) is 1.52. The largest absolute Gasteiger partial charge is 0.463 e. The molecule has 4 rings (SSSR count). The van der Waals surface area contributed by atoms with E-state index in [1.54, 1.807) is 6.92 Å². The average molecular weight is 452 g/mol. The Labute approximate surface area is 195 Å². The molecular weight excluding hydrogens is 425 g/mol. The lowest BCUT2D eigenvalue weighted by molar-refractivity contribution is -0.137. The van der Waals surface area contributed by atoms with Gasteiger partial charge < -0.3 is 4.74 Å². The van der Waals surface area contributed by atoms with Gasteiger partial charge in [-0.3, -0.25) is 4.74 Å². The van der Waals surface area contributed by atoms with E-state index in [2.05, 4.69) is 36.4 Å². The van der Waals surface area contributed by atoms with Gasteiger partial charge in [-0.25, -0.2) is 4.79 Å². The number of benzene rings is 4. The molecule has 4 heteroatoms. The second kappa shape index (κ2) is 10.8. The summed E-state index contributed by atoms with van der Waals surface area (Å²) in [6.45, 7) is 2.12. The van der Waals surface area contributed by atoms with Gasteiger partial charge in [0.15, 0.2) is 0 Å². The zero-order valence-electron chi connectivity index (χ0n) is 18.5. The molecule has 33 heavy (non-hydrogen) atoms. The lowest BCUT2D eigenvalue weighted by Crippen LogP contribution is -2.25. The Bertz CT molecular complexity index is 1170. The van der Waals surface area contributed by atoms with Crippen LogP contribution in [0, 0.1) is 0 Å². The van der Waals surface area contributed by atoms with Crippen molar-refractivity contribution in [3.05, 3.63) is 133 Å². The third-order valence-electron chi connectivity index (χ3n) is 5.26. The first-order chi connectivity index (χ1) is 16.2. The predicted molar refractivity (Wildman–Crippen MR) is 139 cm³/mol. The van der Waals surface area contributed by atoms with Gasteiger partial charge in [-0.15, -0.1) is 0 Å². The highest BCUT2D eigenvalue weighted by atomic mass is 31.2. The van der Waals surface area contributed by atoms with Crippen molar-refractivity contribution in [2.45, 2.75) is 6.92 Å². The van der Waals surface area contributed by atoms with Gasteiger partial charge in [0.1, 0.15) is 0 Å². The summed E-state index contributed by atoms with van der Waals surface area (Å²) in [7, 11) is -2.50. The molecule has 0 saturated heterocycles. The van der Waals surface area contributed by atoms with E-state index in [1.165, 1.54) is 6.08 Å². The minimum Gasteiger partial charge on any atom is -0.463 e. The zero-order chi connectivity index (χ0) is 22.9. The lowest BCUT2D eigenvalue weighted by Gasteiger charge is -2.27. The second-order valence-corrected chi connectivity index (χ2v) is 10.4. The van der Waals surface area contributed by atoms with Crippen molar-refractivity contribution in [3.8, 4) is 0 Å². The minimum atomic E-state index is -2.50. The van der Waals surface area contributed by atoms with Gasteiger partial charge in [0.05, 0.1) is 19.4 Å². The van der Waals surface area contributed by atoms with Crippen molar-refractivity contribution in [2.75, 3.05) is 6.61 Å². The quantitative estimate of drug-likeness (QED) is 0.203. The highest BCUT2D eigenvalue weighted by molar-refractivity contribution is 7.87. The van der Waals surface area contributed by atoms with E-state index in [9.17, 15) is 4.79 Å².